The second-order valence-electron chi connectivity index (χ2n) is 5.79. The number of carboxylic acid groups (broad SMARTS) is 1. The van der Waals surface area contributed by atoms with E-state index in [1.807, 2.05) is 13.8 Å². The van der Waals surface area contributed by atoms with E-state index in [1.54, 1.807) is 6.92 Å². The lowest BCUT2D eigenvalue weighted by atomic mass is 9.84. The van der Waals surface area contributed by atoms with E-state index < -0.39 is 30.4 Å². The Labute approximate surface area is 137 Å². The fourth-order valence-corrected chi connectivity index (χ4v) is 2.30. The summed E-state index contributed by atoms with van der Waals surface area (Å²) in [7, 11) is 0. The van der Waals surface area contributed by atoms with Crippen molar-refractivity contribution >= 4 is 18.0 Å². The van der Waals surface area contributed by atoms with Gasteiger partial charge in [-0.1, -0.05) is 40.5 Å². The molecule has 0 aromatic rings. The van der Waals surface area contributed by atoms with Gasteiger partial charge in [-0.2, -0.15) is 0 Å². The molecule has 0 spiro atoms. The first-order valence-corrected chi connectivity index (χ1v) is 8.09. The number of amides is 1. The first-order valence-electron chi connectivity index (χ1n) is 8.09. The van der Waals surface area contributed by atoms with Crippen molar-refractivity contribution in [1.29, 1.82) is 0 Å². The van der Waals surface area contributed by atoms with E-state index in [9.17, 15) is 14.4 Å². The normalized spacial score (nSPS) is 15.9. The van der Waals surface area contributed by atoms with Gasteiger partial charge >= 0.3 is 18.0 Å². The summed E-state index contributed by atoms with van der Waals surface area (Å²) in [6.07, 6.45) is 0.119. The summed E-state index contributed by atoms with van der Waals surface area (Å²) in [4.78, 5) is 34.0. The Bertz CT molecular complexity index is 398. The van der Waals surface area contributed by atoms with Crippen LogP contribution in [-0.4, -0.2) is 35.5 Å². The highest BCUT2D eigenvalue weighted by molar-refractivity contribution is 5.72. The number of hydrogen-bond acceptors (Lipinski definition) is 5. The molecule has 0 aliphatic carbocycles. The van der Waals surface area contributed by atoms with E-state index in [0.29, 0.717) is 0 Å². The predicted octanol–water partition coefficient (Wildman–Crippen LogP) is 2.93. The Balaban J connectivity index is 4.66. The molecule has 1 amide bonds. The number of carbonyl (C=O) groups is 3. The molecule has 0 aromatic heterocycles. The van der Waals surface area contributed by atoms with Gasteiger partial charge in [0.25, 0.3) is 0 Å². The number of hydrogen-bond donors (Lipinski definition) is 2. The molecular weight excluding hydrogens is 302 g/mol. The highest BCUT2D eigenvalue weighted by atomic mass is 16.7. The lowest BCUT2D eigenvalue weighted by molar-refractivity contribution is -0.164. The van der Waals surface area contributed by atoms with Gasteiger partial charge in [-0.15, -0.1) is 0 Å². The molecular formula is C16H29NO6. The third-order valence-electron chi connectivity index (χ3n) is 3.83. The minimum Gasteiger partial charge on any atom is -0.481 e. The van der Waals surface area contributed by atoms with E-state index >= 15 is 0 Å². The summed E-state index contributed by atoms with van der Waals surface area (Å²) in [6.45, 7) is 9.06. The van der Waals surface area contributed by atoms with Crippen LogP contribution in [0.1, 0.15) is 60.3 Å². The number of esters is 1. The maximum absolute atomic E-state index is 11.9. The van der Waals surface area contributed by atoms with Crippen molar-refractivity contribution in [2.45, 2.75) is 72.6 Å². The van der Waals surface area contributed by atoms with Crippen LogP contribution in [0.3, 0.4) is 0 Å². The van der Waals surface area contributed by atoms with Gasteiger partial charge in [0.05, 0.1) is 6.42 Å². The third-order valence-corrected chi connectivity index (χ3v) is 3.83. The van der Waals surface area contributed by atoms with E-state index in [4.69, 9.17) is 14.6 Å². The monoisotopic (exact) mass is 331 g/mol. The lowest BCUT2D eigenvalue weighted by Gasteiger charge is -2.28. The number of rotatable bonds is 10. The SMILES string of the molecule is CCC[C@@H](C)[C@@H](C)[C@@H](CC(=O)O)NC(=O)O[C@@H](C)OC(=O)CC. The highest BCUT2D eigenvalue weighted by Crippen LogP contribution is 2.22. The zero-order chi connectivity index (χ0) is 18.0. The van der Waals surface area contributed by atoms with Crippen molar-refractivity contribution in [1.82, 2.24) is 5.32 Å². The largest absolute Gasteiger partial charge is 0.481 e. The molecule has 0 aliphatic heterocycles. The minimum absolute atomic E-state index is 0.0212. The number of alkyl carbamates (subject to hydrolysis) is 1. The number of carboxylic acids is 1. The predicted molar refractivity (Wildman–Crippen MR) is 84.7 cm³/mol. The molecule has 23 heavy (non-hydrogen) atoms. The van der Waals surface area contributed by atoms with Crippen LogP contribution >= 0.6 is 0 Å². The Morgan fingerprint density at radius 1 is 1.09 bits per heavy atom. The zero-order valence-electron chi connectivity index (χ0n) is 14.6. The third kappa shape index (κ3) is 9.05. The van der Waals surface area contributed by atoms with Crippen molar-refractivity contribution in [3.63, 3.8) is 0 Å². The van der Waals surface area contributed by atoms with Crippen LogP contribution in [0.4, 0.5) is 4.79 Å². The molecule has 0 saturated heterocycles. The standard InChI is InChI=1S/C16H29NO6/c1-6-8-10(3)11(4)13(9-14(18)19)17-16(21)23-12(5)22-15(20)7-2/h10-13H,6-9H2,1-5H3,(H,17,21)(H,18,19)/t10-,11-,12+,13-/m1/s1. The Morgan fingerprint density at radius 3 is 2.17 bits per heavy atom. The van der Waals surface area contributed by atoms with Crippen molar-refractivity contribution < 1.29 is 29.0 Å². The molecule has 0 rings (SSSR count). The van der Waals surface area contributed by atoms with Gasteiger partial charge in [0.15, 0.2) is 0 Å². The molecule has 7 heteroatoms. The van der Waals surface area contributed by atoms with Crippen LogP contribution in [-0.2, 0) is 19.1 Å². The van der Waals surface area contributed by atoms with Crippen molar-refractivity contribution in [3.8, 4) is 0 Å². The van der Waals surface area contributed by atoms with Crippen molar-refractivity contribution in [3.05, 3.63) is 0 Å². The second-order valence-corrected chi connectivity index (χ2v) is 5.79. The van der Waals surface area contributed by atoms with Crippen molar-refractivity contribution in [2.75, 3.05) is 0 Å². The van der Waals surface area contributed by atoms with Gasteiger partial charge in [-0.3, -0.25) is 9.59 Å². The molecule has 0 radical (unpaired) electrons. The van der Waals surface area contributed by atoms with Gasteiger partial charge in [0.2, 0.25) is 6.29 Å². The van der Waals surface area contributed by atoms with E-state index in [0.717, 1.165) is 12.8 Å². The topological polar surface area (TPSA) is 102 Å². The average molecular weight is 331 g/mol. The molecule has 134 valence electrons. The number of aliphatic carboxylic acids is 1. The van der Waals surface area contributed by atoms with Gasteiger partial charge in [-0.25, -0.2) is 4.79 Å². The molecule has 0 bridgehead atoms. The smallest absolute Gasteiger partial charge is 0.410 e. The van der Waals surface area contributed by atoms with Crippen LogP contribution in [0.2, 0.25) is 0 Å². The fourth-order valence-electron chi connectivity index (χ4n) is 2.30. The van der Waals surface area contributed by atoms with Gasteiger partial charge in [0, 0.05) is 19.4 Å². The van der Waals surface area contributed by atoms with Crippen LogP contribution in [0.25, 0.3) is 0 Å². The van der Waals surface area contributed by atoms with Crippen LogP contribution in [0.15, 0.2) is 0 Å². The minimum atomic E-state index is -1.02. The summed E-state index contributed by atoms with van der Waals surface area (Å²) in [5, 5.41) is 11.6. The highest BCUT2D eigenvalue weighted by Gasteiger charge is 2.27. The molecule has 2 N–H and O–H groups in total. The number of nitrogens with one attached hydrogen (secondary N) is 1. The first kappa shape index (κ1) is 21.2. The van der Waals surface area contributed by atoms with E-state index in [1.165, 1.54) is 6.92 Å². The maximum atomic E-state index is 11.9. The molecule has 0 aromatic carbocycles. The van der Waals surface area contributed by atoms with E-state index in [2.05, 4.69) is 12.2 Å². The molecule has 0 heterocycles. The second kappa shape index (κ2) is 10.9. The van der Waals surface area contributed by atoms with Crippen LogP contribution in [0, 0.1) is 11.8 Å². The first-order chi connectivity index (χ1) is 10.7. The average Bonchev–Trinajstić information content (AvgIpc) is 2.44. The molecule has 0 unspecified atom stereocenters. The lowest BCUT2D eigenvalue weighted by Crippen LogP contribution is -2.44. The van der Waals surface area contributed by atoms with Crippen LogP contribution in [0.5, 0.6) is 0 Å². The van der Waals surface area contributed by atoms with Crippen LogP contribution < -0.4 is 5.32 Å². The molecule has 4 atom stereocenters. The van der Waals surface area contributed by atoms with Gasteiger partial charge < -0.3 is 19.9 Å². The Hall–Kier alpha value is -1.79. The summed E-state index contributed by atoms with van der Waals surface area (Å²) in [5.74, 6) is -1.22. The molecule has 0 saturated carbocycles. The number of ether oxygens (including phenoxy) is 2. The molecule has 0 fully saturated rings. The van der Waals surface area contributed by atoms with E-state index in [-0.39, 0.29) is 24.7 Å². The van der Waals surface area contributed by atoms with Crippen molar-refractivity contribution in [2.24, 2.45) is 11.8 Å². The number of carbonyl (C=O) groups excluding carboxylic acids is 2. The fraction of sp³-hybridized carbons (Fsp3) is 0.812. The summed E-state index contributed by atoms with van der Waals surface area (Å²) >= 11 is 0. The summed E-state index contributed by atoms with van der Waals surface area (Å²) in [6, 6.07) is -0.546. The molecule has 7 nitrogen and oxygen atoms in total. The van der Waals surface area contributed by atoms with Gasteiger partial charge in [-0.05, 0) is 11.8 Å². The quantitative estimate of drug-likeness (QED) is 0.471. The molecule has 0 aliphatic rings. The maximum Gasteiger partial charge on any atom is 0.410 e. The summed E-state index contributed by atoms with van der Waals surface area (Å²) in [5.41, 5.74) is 0. The zero-order valence-corrected chi connectivity index (χ0v) is 14.6. The Kier molecular flexibility index (Phi) is 10.0. The summed E-state index contributed by atoms with van der Waals surface area (Å²) < 4.78 is 9.78. The van der Waals surface area contributed by atoms with Gasteiger partial charge in [0.1, 0.15) is 0 Å². The Morgan fingerprint density at radius 2 is 1.70 bits per heavy atom.